The highest BCUT2D eigenvalue weighted by Crippen LogP contribution is 2.05. The lowest BCUT2D eigenvalue weighted by Gasteiger charge is -1.87. The van der Waals surface area contributed by atoms with Crippen molar-refractivity contribution in [2.75, 3.05) is 0 Å². The van der Waals surface area contributed by atoms with Gasteiger partial charge in [0.1, 0.15) is 5.75 Å². The maximum absolute atomic E-state index is 10.1. The highest BCUT2D eigenvalue weighted by Gasteiger charge is 1.88. The first kappa shape index (κ1) is 6.24. The van der Waals surface area contributed by atoms with Gasteiger partial charge in [0.15, 0.2) is 8.46 Å². The topological polar surface area (TPSA) is 37.3 Å². The second-order valence-electron chi connectivity index (χ2n) is 1.61. The average Bonchev–Trinajstić information content (AvgIpc) is 1.90. The molecule has 1 aromatic carbocycles. The van der Waals surface area contributed by atoms with Gasteiger partial charge in [-0.2, -0.15) is 0 Å². The third-order valence-electron chi connectivity index (χ3n) is 0.955. The minimum atomic E-state index is -0.00917. The fourth-order valence-corrected chi connectivity index (χ4v) is 0.784. The van der Waals surface area contributed by atoms with Crippen LogP contribution in [0.25, 0.3) is 0 Å². The van der Waals surface area contributed by atoms with Crippen molar-refractivity contribution in [1.29, 1.82) is 0 Å². The lowest BCUT2D eigenvalue weighted by atomic mass is 10.3. The molecule has 1 rings (SSSR count). The Morgan fingerprint density at radius 3 is 2.22 bits per heavy atom. The molecule has 0 aliphatic carbocycles. The van der Waals surface area contributed by atoms with Crippen molar-refractivity contribution in [2.24, 2.45) is 0 Å². The number of rotatable bonds is 1. The summed E-state index contributed by atoms with van der Waals surface area (Å²) < 4.78 is 10.1. The maximum atomic E-state index is 10.1. The van der Waals surface area contributed by atoms with Crippen molar-refractivity contribution in [3.05, 3.63) is 24.3 Å². The Morgan fingerprint density at radius 1 is 1.22 bits per heavy atom. The minimum Gasteiger partial charge on any atom is -0.508 e. The first-order chi connectivity index (χ1) is 4.33. The second-order valence-corrected chi connectivity index (χ2v) is 2.31. The molecule has 9 heavy (non-hydrogen) atoms. The molecule has 0 saturated heterocycles. The predicted octanol–water partition coefficient (Wildman–Crippen LogP) is 1.31. The summed E-state index contributed by atoms with van der Waals surface area (Å²) in [7, 11) is -0.00917. The van der Waals surface area contributed by atoms with Gasteiger partial charge in [0.05, 0.1) is 0 Å². The van der Waals surface area contributed by atoms with Crippen molar-refractivity contribution in [3.8, 4) is 5.75 Å². The van der Waals surface area contributed by atoms with E-state index in [1.54, 1.807) is 12.1 Å². The van der Waals surface area contributed by atoms with Gasteiger partial charge >= 0.3 is 0 Å². The van der Waals surface area contributed by atoms with Crippen LogP contribution >= 0.6 is 8.46 Å². The second kappa shape index (κ2) is 2.60. The zero-order valence-electron chi connectivity index (χ0n) is 4.61. The van der Waals surface area contributed by atoms with E-state index in [2.05, 4.69) is 0 Å². The van der Waals surface area contributed by atoms with Crippen LogP contribution in [-0.2, 0) is 4.57 Å². The molecule has 0 radical (unpaired) electrons. The highest BCUT2D eigenvalue weighted by molar-refractivity contribution is 7.34. The van der Waals surface area contributed by atoms with Crippen LogP contribution < -0.4 is 5.30 Å². The zero-order chi connectivity index (χ0) is 6.69. The molecule has 0 heterocycles. The SMILES string of the molecule is O=Pc1ccc(O)cc1. The molecule has 1 aromatic rings. The molecular formula is C6H5O2P. The van der Waals surface area contributed by atoms with Gasteiger partial charge in [-0.05, 0) is 24.3 Å². The fraction of sp³-hybridized carbons (Fsp3) is 0. The molecule has 3 heteroatoms. The van der Waals surface area contributed by atoms with Crippen LogP contribution in [0.2, 0.25) is 0 Å². The third kappa shape index (κ3) is 1.51. The van der Waals surface area contributed by atoms with E-state index < -0.39 is 0 Å². The normalized spacial score (nSPS) is 9.78. The fourth-order valence-electron chi connectivity index (χ4n) is 0.513. The van der Waals surface area contributed by atoms with Gasteiger partial charge in [0, 0.05) is 5.30 Å². The summed E-state index contributed by atoms with van der Waals surface area (Å²) in [6.07, 6.45) is 0. The summed E-state index contributed by atoms with van der Waals surface area (Å²) in [6.45, 7) is 0. The van der Waals surface area contributed by atoms with Crippen molar-refractivity contribution < 1.29 is 9.67 Å². The molecule has 2 nitrogen and oxygen atoms in total. The molecule has 0 saturated carbocycles. The summed E-state index contributed by atoms with van der Waals surface area (Å²) in [5.74, 6) is 0.197. The maximum Gasteiger partial charge on any atom is 0.192 e. The van der Waals surface area contributed by atoms with E-state index in [1.165, 1.54) is 12.1 Å². The molecule has 0 spiro atoms. The van der Waals surface area contributed by atoms with Crippen LogP contribution in [0.3, 0.4) is 0 Å². The van der Waals surface area contributed by atoms with Gasteiger partial charge in [-0.25, -0.2) is 0 Å². The van der Waals surface area contributed by atoms with E-state index in [-0.39, 0.29) is 14.2 Å². The van der Waals surface area contributed by atoms with Crippen LogP contribution in [0.4, 0.5) is 0 Å². The van der Waals surface area contributed by atoms with E-state index >= 15 is 0 Å². The first-order valence-corrected chi connectivity index (χ1v) is 3.26. The van der Waals surface area contributed by atoms with Crippen LogP contribution in [0.5, 0.6) is 5.75 Å². The molecule has 0 fully saturated rings. The van der Waals surface area contributed by atoms with Gasteiger partial charge < -0.3 is 5.11 Å². The Balaban J connectivity index is 3.01. The van der Waals surface area contributed by atoms with Crippen LogP contribution in [0.1, 0.15) is 0 Å². The standard InChI is InChI=1S/C6H5O2P/c7-5-1-3-6(9-8)4-2-5/h1-4,7H. The van der Waals surface area contributed by atoms with Gasteiger partial charge in [0.25, 0.3) is 0 Å². The van der Waals surface area contributed by atoms with E-state index in [0.717, 1.165) is 0 Å². The monoisotopic (exact) mass is 140 g/mol. The van der Waals surface area contributed by atoms with Crippen LogP contribution in [0.15, 0.2) is 24.3 Å². The molecule has 0 amide bonds. The molecule has 0 bridgehead atoms. The summed E-state index contributed by atoms with van der Waals surface area (Å²) in [4.78, 5) is 0. The van der Waals surface area contributed by atoms with Crippen molar-refractivity contribution >= 4 is 13.8 Å². The molecule has 0 atom stereocenters. The van der Waals surface area contributed by atoms with E-state index in [9.17, 15) is 4.57 Å². The number of phenols is 1. The van der Waals surface area contributed by atoms with Crippen molar-refractivity contribution in [2.45, 2.75) is 0 Å². The Bertz CT molecular complexity index is 205. The smallest absolute Gasteiger partial charge is 0.192 e. The number of hydrogen-bond acceptors (Lipinski definition) is 2. The number of benzene rings is 1. The first-order valence-electron chi connectivity index (χ1n) is 2.45. The summed E-state index contributed by atoms with van der Waals surface area (Å²) in [5.41, 5.74) is 0. The number of aromatic hydroxyl groups is 1. The molecule has 0 unspecified atom stereocenters. The van der Waals surface area contributed by atoms with Crippen LogP contribution in [0, 0.1) is 0 Å². The molecule has 46 valence electrons. The minimum absolute atomic E-state index is 0.00917. The molecule has 1 N–H and O–H groups in total. The van der Waals surface area contributed by atoms with E-state index in [0.29, 0.717) is 5.30 Å². The number of phenolic OH excluding ortho intramolecular Hbond substituents is 1. The van der Waals surface area contributed by atoms with Gasteiger partial charge in [-0.15, -0.1) is 0 Å². The van der Waals surface area contributed by atoms with Gasteiger partial charge in [-0.1, -0.05) is 0 Å². The van der Waals surface area contributed by atoms with Crippen LogP contribution in [-0.4, -0.2) is 5.11 Å². The molecule has 0 aliphatic rings. The Hall–Kier alpha value is -0.880. The van der Waals surface area contributed by atoms with E-state index in [1.807, 2.05) is 0 Å². The van der Waals surface area contributed by atoms with E-state index in [4.69, 9.17) is 5.11 Å². The Morgan fingerprint density at radius 2 is 1.78 bits per heavy atom. The average molecular weight is 140 g/mol. The molecule has 0 aliphatic heterocycles. The molecule has 0 aromatic heterocycles. The number of hydrogen-bond donors (Lipinski definition) is 1. The van der Waals surface area contributed by atoms with Gasteiger partial charge in [-0.3, -0.25) is 4.57 Å². The van der Waals surface area contributed by atoms with Crippen molar-refractivity contribution in [3.63, 3.8) is 0 Å². The van der Waals surface area contributed by atoms with Gasteiger partial charge in [0.2, 0.25) is 0 Å². The Kier molecular flexibility index (Phi) is 1.81. The summed E-state index contributed by atoms with van der Waals surface area (Å²) in [6, 6.07) is 6.20. The van der Waals surface area contributed by atoms with Crippen molar-refractivity contribution in [1.82, 2.24) is 0 Å². The highest BCUT2D eigenvalue weighted by atomic mass is 31.1. The lowest BCUT2D eigenvalue weighted by molar-refractivity contribution is 0.475. The predicted molar refractivity (Wildman–Crippen MR) is 35.3 cm³/mol. The lowest BCUT2D eigenvalue weighted by Crippen LogP contribution is -1.85. The largest absolute Gasteiger partial charge is 0.508 e. The zero-order valence-corrected chi connectivity index (χ0v) is 5.51. The quantitative estimate of drug-likeness (QED) is 0.597. The molecular weight excluding hydrogens is 135 g/mol. The third-order valence-corrected chi connectivity index (χ3v) is 1.46. The Labute approximate surface area is 54.3 Å². The summed E-state index contributed by atoms with van der Waals surface area (Å²) >= 11 is 0. The summed E-state index contributed by atoms with van der Waals surface area (Å²) in [5, 5.41) is 9.42.